The Labute approximate surface area is 131 Å². The molecule has 2 N–H and O–H groups in total. The van der Waals surface area contributed by atoms with Crippen molar-refractivity contribution in [1.82, 2.24) is 4.90 Å². The molecule has 0 saturated heterocycles. The molecule has 1 amide bonds. The van der Waals surface area contributed by atoms with Crippen molar-refractivity contribution in [2.75, 3.05) is 33.9 Å². The van der Waals surface area contributed by atoms with Crippen LogP contribution in [0.2, 0.25) is 0 Å². The van der Waals surface area contributed by atoms with Crippen LogP contribution in [-0.4, -0.2) is 55.7 Å². The Kier molecular flexibility index (Phi) is 9.12. The van der Waals surface area contributed by atoms with Gasteiger partial charge in [0, 0.05) is 20.2 Å². The molecule has 7 heteroatoms. The summed E-state index contributed by atoms with van der Waals surface area (Å²) in [6.07, 6.45) is 1.19. The number of methoxy groups -OCH3 is 2. The zero-order valence-electron chi connectivity index (χ0n) is 13.3. The van der Waals surface area contributed by atoms with Crippen LogP contribution in [0.3, 0.4) is 0 Å². The molecule has 0 aromatic carbocycles. The van der Waals surface area contributed by atoms with Crippen molar-refractivity contribution in [3.63, 3.8) is 0 Å². The van der Waals surface area contributed by atoms with E-state index in [1.165, 1.54) is 7.11 Å². The minimum absolute atomic E-state index is 0.132. The zero-order valence-corrected chi connectivity index (χ0v) is 14.1. The summed E-state index contributed by atoms with van der Waals surface area (Å²) < 4.78 is 9.63. The summed E-state index contributed by atoms with van der Waals surface area (Å²) >= 11 is 5.10. The Hall–Kier alpha value is -1.21. The highest BCUT2D eigenvalue weighted by Gasteiger charge is 2.40. The fraction of sp³-hybridized carbons (Fsp3) is 0.786. The summed E-state index contributed by atoms with van der Waals surface area (Å²) in [4.78, 5) is 25.9. The summed E-state index contributed by atoms with van der Waals surface area (Å²) in [5, 5.41) is 0. The molecule has 0 atom stereocenters. The van der Waals surface area contributed by atoms with Crippen molar-refractivity contribution in [3.05, 3.63) is 0 Å². The lowest BCUT2D eigenvalue weighted by molar-refractivity contribution is -0.143. The van der Waals surface area contributed by atoms with Crippen molar-refractivity contribution in [1.29, 1.82) is 0 Å². The van der Waals surface area contributed by atoms with Crippen LogP contribution in [0.25, 0.3) is 0 Å². The smallest absolute Gasteiger partial charge is 0.307 e. The van der Waals surface area contributed by atoms with Gasteiger partial charge < -0.3 is 20.1 Å². The van der Waals surface area contributed by atoms with Gasteiger partial charge in [0.05, 0.1) is 30.5 Å². The second-order valence-electron chi connectivity index (χ2n) is 4.76. The maximum atomic E-state index is 12.8. The summed E-state index contributed by atoms with van der Waals surface area (Å²) in [7, 11) is 2.88. The number of carbonyl (C=O) groups is 2. The first-order valence-electron chi connectivity index (χ1n) is 7.04. The van der Waals surface area contributed by atoms with E-state index < -0.39 is 5.41 Å². The van der Waals surface area contributed by atoms with Crippen LogP contribution in [0, 0.1) is 5.41 Å². The lowest BCUT2D eigenvalue weighted by Crippen LogP contribution is -2.51. The third-order valence-corrected chi connectivity index (χ3v) is 4.14. The molecule has 0 fully saturated rings. The van der Waals surface area contributed by atoms with Crippen molar-refractivity contribution in [2.24, 2.45) is 11.1 Å². The molecule has 0 aliphatic heterocycles. The number of hydrogen-bond donors (Lipinski definition) is 1. The quantitative estimate of drug-likeness (QED) is 0.480. The Morgan fingerprint density at radius 1 is 1.19 bits per heavy atom. The maximum Gasteiger partial charge on any atom is 0.307 e. The van der Waals surface area contributed by atoms with Crippen molar-refractivity contribution in [3.8, 4) is 0 Å². The maximum absolute atomic E-state index is 12.8. The van der Waals surface area contributed by atoms with Crippen molar-refractivity contribution < 1.29 is 19.1 Å². The monoisotopic (exact) mass is 318 g/mol. The lowest BCUT2D eigenvalue weighted by atomic mass is 9.80. The van der Waals surface area contributed by atoms with Crippen LogP contribution in [0.4, 0.5) is 0 Å². The predicted molar refractivity (Wildman–Crippen MR) is 84.9 cm³/mol. The molecular weight excluding hydrogens is 292 g/mol. The number of hydrogen-bond acceptors (Lipinski definition) is 5. The van der Waals surface area contributed by atoms with E-state index in [1.54, 1.807) is 12.0 Å². The molecule has 0 unspecified atom stereocenters. The molecule has 0 aliphatic rings. The van der Waals surface area contributed by atoms with Crippen molar-refractivity contribution >= 4 is 29.1 Å². The third kappa shape index (κ3) is 5.24. The van der Waals surface area contributed by atoms with Gasteiger partial charge in [-0.3, -0.25) is 9.59 Å². The van der Waals surface area contributed by atoms with Crippen LogP contribution >= 0.6 is 12.2 Å². The first-order valence-corrected chi connectivity index (χ1v) is 7.45. The van der Waals surface area contributed by atoms with E-state index >= 15 is 0 Å². The first-order chi connectivity index (χ1) is 9.89. The van der Waals surface area contributed by atoms with Gasteiger partial charge in [0.15, 0.2) is 0 Å². The highest BCUT2D eigenvalue weighted by molar-refractivity contribution is 7.80. The molecule has 0 aromatic heterocycles. The van der Waals surface area contributed by atoms with E-state index in [-0.39, 0.29) is 29.8 Å². The van der Waals surface area contributed by atoms with Gasteiger partial charge >= 0.3 is 5.97 Å². The van der Waals surface area contributed by atoms with Crippen molar-refractivity contribution in [2.45, 2.75) is 33.1 Å². The van der Waals surface area contributed by atoms with E-state index in [1.807, 2.05) is 13.8 Å². The highest BCUT2D eigenvalue weighted by Crippen LogP contribution is 2.29. The average Bonchev–Trinajstić information content (AvgIpc) is 2.48. The summed E-state index contributed by atoms with van der Waals surface area (Å²) in [5.41, 5.74) is 4.94. The van der Waals surface area contributed by atoms with E-state index in [4.69, 9.17) is 22.7 Å². The van der Waals surface area contributed by atoms with Gasteiger partial charge in [-0.2, -0.15) is 0 Å². The van der Waals surface area contributed by atoms with Gasteiger partial charge in [-0.1, -0.05) is 26.1 Å². The molecule has 0 bridgehead atoms. The predicted octanol–water partition coefficient (Wildman–Crippen LogP) is 1.12. The molecule has 0 radical (unpaired) electrons. The van der Waals surface area contributed by atoms with Gasteiger partial charge in [0.1, 0.15) is 0 Å². The Morgan fingerprint density at radius 3 is 2.14 bits per heavy atom. The summed E-state index contributed by atoms with van der Waals surface area (Å²) in [5.74, 6) is -0.514. The van der Waals surface area contributed by atoms with Gasteiger partial charge in [-0.05, 0) is 12.8 Å². The van der Waals surface area contributed by atoms with Gasteiger partial charge in [0.25, 0.3) is 0 Å². The SMILES string of the molecule is CCC(CC)(C(=O)N(CCOC)CCC(=O)OC)C(N)=S. The largest absolute Gasteiger partial charge is 0.469 e. The van der Waals surface area contributed by atoms with Gasteiger partial charge in [-0.15, -0.1) is 0 Å². The van der Waals surface area contributed by atoms with E-state index in [0.29, 0.717) is 26.0 Å². The second kappa shape index (κ2) is 9.68. The summed E-state index contributed by atoms with van der Waals surface area (Å²) in [6.45, 7) is 4.80. The number of thiocarbonyl (C=S) groups is 1. The van der Waals surface area contributed by atoms with E-state index in [9.17, 15) is 9.59 Å². The standard InChI is InChI=1S/C14H26N2O4S/c1-5-14(6-2,12(15)21)13(18)16(9-10-19-3)8-7-11(17)20-4/h5-10H2,1-4H3,(H2,15,21). The molecule has 21 heavy (non-hydrogen) atoms. The Balaban J connectivity index is 5.14. The molecule has 0 rings (SSSR count). The zero-order chi connectivity index (χ0) is 16.5. The molecule has 0 heterocycles. The van der Waals surface area contributed by atoms with Crippen LogP contribution < -0.4 is 5.73 Å². The normalized spacial score (nSPS) is 11.0. The number of rotatable bonds is 10. The number of nitrogens with zero attached hydrogens (tertiary/aromatic N) is 1. The molecule has 0 aromatic rings. The first kappa shape index (κ1) is 19.8. The molecule has 6 nitrogen and oxygen atoms in total. The van der Waals surface area contributed by atoms with Crippen LogP contribution in [0.15, 0.2) is 0 Å². The van der Waals surface area contributed by atoms with Gasteiger partial charge in [0.2, 0.25) is 5.91 Å². The molecule has 0 aliphatic carbocycles. The van der Waals surface area contributed by atoms with E-state index in [0.717, 1.165) is 0 Å². The molecule has 0 spiro atoms. The van der Waals surface area contributed by atoms with Gasteiger partial charge in [-0.25, -0.2) is 0 Å². The molecular formula is C14H26N2O4S. The number of esters is 1. The van der Waals surface area contributed by atoms with E-state index in [2.05, 4.69) is 4.74 Å². The summed E-state index contributed by atoms with van der Waals surface area (Å²) in [6, 6.07) is 0. The average molecular weight is 318 g/mol. The Morgan fingerprint density at radius 2 is 1.76 bits per heavy atom. The van der Waals surface area contributed by atoms with Crippen LogP contribution in [-0.2, 0) is 19.1 Å². The topological polar surface area (TPSA) is 81.9 Å². The van der Waals surface area contributed by atoms with Crippen LogP contribution in [0.5, 0.6) is 0 Å². The highest BCUT2D eigenvalue weighted by atomic mass is 32.1. The third-order valence-electron chi connectivity index (χ3n) is 3.75. The molecule has 0 saturated carbocycles. The minimum atomic E-state index is -0.862. The second-order valence-corrected chi connectivity index (χ2v) is 5.20. The lowest BCUT2D eigenvalue weighted by Gasteiger charge is -2.35. The number of nitrogens with two attached hydrogens (primary N) is 1. The fourth-order valence-electron chi connectivity index (χ4n) is 2.15. The number of carbonyl (C=O) groups excluding carboxylic acids is 2. The van der Waals surface area contributed by atoms with Crippen LogP contribution in [0.1, 0.15) is 33.1 Å². The number of amides is 1. The fourth-order valence-corrected chi connectivity index (χ4v) is 2.53. The Bertz CT molecular complexity index is 370. The molecule has 122 valence electrons. The minimum Gasteiger partial charge on any atom is -0.469 e. The number of ether oxygens (including phenoxy) is 2.